The number of aryl methyl sites for hydroxylation is 1. The van der Waals surface area contributed by atoms with Crippen LogP contribution in [0, 0.1) is 22.9 Å². The molecule has 6 heteroatoms. The van der Waals surface area contributed by atoms with E-state index < -0.39 is 16.8 Å². The van der Waals surface area contributed by atoms with Crippen LogP contribution in [0.15, 0.2) is 42.5 Å². The first-order chi connectivity index (χ1) is 10.4. The van der Waals surface area contributed by atoms with Crippen molar-refractivity contribution in [2.24, 2.45) is 0 Å². The lowest BCUT2D eigenvalue weighted by atomic mass is 10.1. The van der Waals surface area contributed by atoms with Crippen molar-refractivity contribution in [2.45, 2.75) is 20.0 Å². The van der Waals surface area contributed by atoms with Crippen molar-refractivity contribution in [3.05, 3.63) is 69.5 Å². The molecule has 0 aliphatic heterocycles. The predicted molar refractivity (Wildman–Crippen MR) is 78.7 cm³/mol. The van der Waals surface area contributed by atoms with Crippen molar-refractivity contribution < 1.29 is 18.8 Å². The molecule has 0 heterocycles. The minimum Gasteiger partial charge on any atom is -0.475 e. The second kappa shape index (κ2) is 6.34. The van der Waals surface area contributed by atoms with Gasteiger partial charge in [-0.1, -0.05) is 6.07 Å². The maximum absolute atomic E-state index is 12.9. The topological polar surface area (TPSA) is 69.4 Å². The molecule has 0 bridgehead atoms. The minimum absolute atomic E-state index is 0.0264. The van der Waals surface area contributed by atoms with E-state index in [0.29, 0.717) is 0 Å². The predicted octanol–water partition coefficient (Wildman–Crippen LogP) is 3.69. The van der Waals surface area contributed by atoms with Gasteiger partial charge < -0.3 is 4.74 Å². The normalized spacial score (nSPS) is 11.8. The number of ketones is 1. The fourth-order valence-corrected chi connectivity index (χ4v) is 1.96. The van der Waals surface area contributed by atoms with Gasteiger partial charge in [-0.15, -0.1) is 0 Å². The molecule has 0 saturated heterocycles. The average Bonchev–Trinajstić information content (AvgIpc) is 2.48. The summed E-state index contributed by atoms with van der Waals surface area (Å²) in [5.41, 5.74) is 0.805. The van der Waals surface area contributed by atoms with E-state index in [1.165, 1.54) is 43.3 Å². The van der Waals surface area contributed by atoms with Crippen molar-refractivity contribution >= 4 is 11.5 Å². The summed E-state index contributed by atoms with van der Waals surface area (Å²) in [4.78, 5) is 22.7. The number of hydrogen-bond acceptors (Lipinski definition) is 4. The third kappa shape index (κ3) is 3.46. The Hall–Kier alpha value is -2.76. The van der Waals surface area contributed by atoms with Crippen LogP contribution in [0.3, 0.4) is 0 Å². The molecule has 0 N–H and O–H groups in total. The van der Waals surface area contributed by atoms with Gasteiger partial charge in [0, 0.05) is 11.6 Å². The Morgan fingerprint density at radius 1 is 1.23 bits per heavy atom. The highest BCUT2D eigenvalue weighted by Gasteiger charge is 2.22. The molecular weight excluding hydrogens is 289 g/mol. The standard InChI is InChI=1S/C16H14FNO4/c1-10-3-8-15(14(9-10)18(20)21)22-11(2)16(19)12-4-6-13(17)7-5-12/h3-9,11H,1-2H3/t11-/m1/s1. The summed E-state index contributed by atoms with van der Waals surface area (Å²) in [6.45, 7) is 3.22. The van der Waals surface area contributed by atoms with Crippen LogP contribution in [0.25, 0.3) is 0 Å². The molecule has 2 aromatic carbocycles. The molecule has 2 aromatic rings. The Morgan fingerprint density at radius 3 is 2.45 bits per heavy atom. The maximum Gasteiger partial charge on any atom is 0.311 e. The highest BCUT2D eigenvalue weighted by Crippen LogP contribution is 2.29. The first kappa shape index (κ1) is 15.6. The largest absolute Gasteiger partial charge is 0.475 e. The summed E-state index contributed by atoms with van der Waals surface area (Å²) in [6.07, 6.45) is -0.924. The Kier molecular flexibility index (Phi) is 4.50. The Bertz CT molecular complexity index is 713. The second-order valence-corrected chi connectivity index (χ2v) is 4.86. The number of Topliss-reactive ketones (excluding diaryl/α,β-unsaturated/α-hetero) is 1. The molecule has 0 fully saturated rings. The number of nitro groups is 1. The number of halogens is 1. The molecule has 0 unspecified atom stereocenters. The quantitative estimate of drug-likeness (QED) is 0.480. The van der Waals surface area contributed by atoms with E-state index in [1.54, 1.807) is 13.0 Å². The SMILES string of the molecule is Cc1ccc(O[C@H](C)C(=O)c2ccc(F)cc2)c([N+](=O)[O-])c1. The molecular formula is C16H14FNO4. The molecule has 22 heavy (non-hydrogen) atoms. The van der Waals surface area contributed by atoms with Gasteiger partial charge in [-0.25, -0.2) is 4.39 Å². The van der Waals surface area contributed by atoms with Crippen molar-refractivity contribution in [3.63, 3.8) is 0 Å². The third-order valence-corrected chi connectivity index (χ3v) is 3.11. The zero-order chi connectivity index (χ0) is 16.3. The fourth-order valence-electron chi connectivity index (χ4n) is 1.96. The van der Waals surface area contributed by atoms with Crippen LogP contribution in [-0.4, -0.2) is 16.8 Å². The molecule has 0 amide bonds. The van der Waals surface area contributed by atoms with Gasteiger partial charge >= 0.3 is 5.69 Å². The molecule has 0 aliphatic rings. The lowest BCUT2D eigenvalue weighted by Gasteiger charge is -2.14. The Labute approximate surface area is 126 Å². The second-order valence-electron chi connectivity index (χ2n) is 4.86. The average molecular weight is 303 g/mol. The number of rotatable bonds is 5. The number of benzene rings is 2. The molecule has 1 atom stereocenters. The summed E-state index contributed by atoms with van der Waals surface area (Å²) < 4.78 is 18.3. The van der Waals surface area contributed by atoms with Crippen molar-refractivity contribution in [1.82, 2.24) is 0 Å². The van der Waals surface area contributed by atoms with Crippen molar-refractivity contribution in [1.29, 1.82) is 0 Å². The maximum atomic E-state index is 12.9. The monoisotopic (exact) mass is 303 g/mol. The van der Waals surface area contributed by atoms with Gasteiger partial charge in [0.1, 0.15) is 5.82 Å². The first-order valence-corrected chi connectivity index (χ1v) is 6.60. The molecule has 0 spiro atoms. The summed E-state index contributed by atoms with van der Waals surface area (Å²) in [6, 6.07) is 9.55. The molecule has 0 saturated carbocycles. The van der Waals surface area contributed by atoms with Crippen molar-refractivity contribution in [2.75, 3.05) is 0 Å². The lowest BCUT2D eigenvalue weighted by molar-refractivity contribution is -0.386. The number of carbonyl (C=O) groups excluding carboxylic acids is 1. The minimum atomic E-state index is -0.924. The molecule has 0 aromatic heterocycles. The molecule has 2 rings (SSSR count). The zero-order valence-electron chi connectivity index (χ0n) is 12.1. The van der Waals surface area contributed by atoms with Gasteiger partial charge in [0.2, 0.25) is 5.78 Å². The molecule has 0 aliphatic carbocycles. The van der Waals surface area contributed by atoms with E-state index >= 15 is 0 Å². The summed E-state index contributed by atoms with van der Waals surface area (Å²) in [5.74, 6) is -0.798. The van der Waals surface area contributed by atoms with Crippen LogP contribution < -0.4 is 4.74 Å². The van der Waals surface area contributed by atoms with E-state index in [-0.39, 0.29) is 22.8 Å². The highest BCUT2D eigenvalue weighted by atomic mass is 19.1. The van der Waals surface area contributed by atoms with E-state index in [1.807, 2.05) is 0 Å². The van der Waals surface area contributed by atoms with Crippen LogP contribution in [0.5, 0.6) is 5.75 Å². The highest BCUT2D eigenvalue weighted by molar-refractivity contribution is 5.99. The van der Waals surface area contributed by atoms with Gasteiger partial charge in [0.15, 0.2) is 11.9 Å². The first-order valence-electron chi connectivity index (χ1n) is 6.60. The van der Waals surface area contributed by atoms with Gasteiger partial charge in [0.25, 0.3) is 0 Å². The number of carbonyl (C=O) groups is 1. The van der Waals surface area contributed by atoms with E-state index in [4.69, 9.17) is 4.74 Å². The van der Waals surface area contributed by atoms with Gasteiger partial charge in [-0.05, 0) is 49.7 Å². The van der Waals surface area contributed by atoms with Gasteiger partial charge in [0.05, 0.1) is 4.92 Å². The smallest absolute Gasteiger partial charge is 0.311 e. The number of nitrogens with zero attached hydrogens (tertiary/aromatic N) is 1. The van der Waals surface area contributed by atoms with Crippen LogP contribution in [-0.2, 0) is 0 Å². The van der Waals surface area contributed by atoms with Crippen LogP contribution in [0.4, 0.5) is 10.1 Å². The fraction of sp³-hybridized carbons (Fsp3) is 0.188. The third-order valence-electron chi connectivity index (χ3n) is 3.11. The van der Waals surface area contributed by atoms with E-state index in [0.717, 1.165) is 5.56 Å². The van der Waals surface area contributed by atoms with E-state index in [9.17, 15) is 19.3 Å². The summed E-state index contributed by atoms with van der Waals surface area (Å²) in [7, 11) is 0. The number of hydrogen-bond donors (Lipinski definition) is 0. The molecule has 114 valence electrons. The van der Waals surface area contributed by atoms with Crippen LogP contribution >= 0.6 is 0 Å². The van der Waals surface area contributed by atoms with Crippen molar-refractivity contribution in [3.8, 4) is 5.75 Å². The zero-order valence-corrected chi connectivity index (χ0v) is 12.1. The molecule has 5 nitrogen and oxygen atoms in total. The Balaban J connectivity index is 2.21. The number of nitro benzene ring substituents is 1. The van der Waals surface area contributed by atoms with Gasteiger partial charge in [-0.3, -0.25) is 14.9 Å². The lowest BCUT2D eigenvalue weighted by Crippen LogP contribution is -2.24. The Morgan fingerprint density at radius 2 is 1.86 bits per heavy atom. The summed E-state index contributed by atoms with van der Waals surface area (Å²) in [5, 5.41) is 11.0. The van der Waals surface area contributed by atoms with Crippen LogP contribution in [0.1, 0.15) is 22.8 Å². The molecule has 0 radical (unpaired) electrons. The summed E-state index contributed by atoms with van der Waals surface area (Å²) >= 11 is 0. The van der Waals surface area contributed by atoms with Crippen LogP contribution in [0.2, 0.25) is 0 Å². The van der Waals surface area contributed by atoms with Gasteiger partial charge in [-0.2, -0.15) is 0 Å². The van der Waals surface area contributed by atoms with E-state index in [2.05, 4.69) is 0 Å². The number of ether oxygens (including phenoxy) is 1.